The monoisotopic (exact) mass is 440 g/mol. The summed E-state index contributed by atoms with van der Waals surface area (Å²) in [6.07, 6.45) is 5.80. The van der Waals surface area contributed by atoms with Crippen LogP contribution < -0.4 is 0 Å². The van der Waals surface area contributed by atoms with E-state index in [1.807, 2.05) is 0 Å². The van der Waals surface area contributed by atoms with E-state index >= 15 is 0 Å². The Labute approximate surface area is 186 Å². The Balaban J connectivity index is 1.55. The van der Waals surface area contributed by atoms with E-state index in [9.17, 15) is 24.2 Å². The van der Waals surface area contributed by atoms with Crippen molar-refractivity contribution in [2.75, 3.05) is 18.9 Å². The van der Waals surface area contributed by atoms with Crippen molar-refractivity contribution < 1.29 is 31.0 Å². The van der Waals surface area contributed by atoms with E-state index in [4.69, 9.17) is 6.85 Å². The number of carboxylic acids is 1. The van der Waals surface area contributed by atoms with Gasteiger partial charge in [0.1, 0.15) is 12.2 Å². The maximum Gasteiger partial charge on any atom is 0.326 e. The summed E-state index contributed by atoms with van der Waals surface area (Å²) in [5, 5.41) is 9.63. The van der Waals surface area contributed by atoms with Gasteiger partial charge >= 0.3 is 5.97 Å². The van der Waals surface area contributed by atoms with Crippen molar-refractivity contribution in [3.8, 4) is 0 Å². The van der Waals surface area contributed by atoms with Gasteiger partial charge in [-0.1, -0.05) is 62.3 Å². The zero-order chi connectivity index (χ0) is 25.9. The molecule has 1 saturated carbocycles. The normalized spacial score (nSPS) is 26.8. The summed E-state index contributed by atoms with van der Waals surface area (Å²) in [7, 11) is -3.86. The summed E-state index contributed by atoms with van der Waals surface area (Å²) >= 11 is 0. The lowest BCUT2D eigenvalue weighted by Gasteiger charge is -2.27. The standard InChI is InChI=1S/C23H34NO5P/c25-22(17-30(28,29)14-8-7-11-18-9-3-1-4-10-18)24-16-20(15-21(24)23(26)27)19-12-5-2-6-13-19/h1,3-4,9-10,19-21H,2,5-8,11-17H2,(H,26,27)(H,28,29)/t20-,21+/m1/s1/i1D,3D,4D,9D,10D. The molecule has 30 heavy (non-hydrogen) atoms. The first-order valence-corrected chi connectivity index (χ1v) is 12.8. The van der Waals surface area contributed by atoms with Crippen LogP contribution in [0.15, 0.2) is 30.2 Å². The Kier molecular flexibility index (Phi) is 5.99. The molecule has 6 nitrogen and oxygen atoms in total. The molecule has 1 aliphatic carbocycles. The molecule has 3 atom stereocenters. The Hall–Kier alpha value is -1.65. The summed E-state index contributed by atoms with van der Waals surface area (Å²) in [6, 6.07) is -2.80. The molecule has 0 radical (unpaired) electrons. The fourth-order valence-corrected chi connectivity index (χ4v) is 6.25. The first-order chi connectivity index (χ1) is 16.4. The van der Waals surface area contributed by atoms with Crippen molar-refractivity contribution >= 4 is 19.2 Å². The zero-order valence-corrected chi connectivity index (χ0v) is 18.1. The van der Waals surface area contributed by atoms with Crippen LogP contribution in [0.2, 0.25) is 0 Å². The highest BCUT2D eigenvalue weighted by Crippen LogP contribution is 2.43. The minimum atomic E-state index is -3.86. The smallest absolute Gasteiger partial charge is 0.326 e. The molecular weight excluding hydrogens is 401 g/mol. The van der Waals surface area contributed by atoms with E-state index in [0.29, 0.717) is 25.3 Å². The van der Waals surface area contributed by atoms with Crippen LogP contribution in [0.5, 0.6) is 0 Å². The minimum Gasteiger partial charge on any atom is -0.480 e. The zero-order valence-electron chi connectivity index (χ0n) is 22.2. The molecule has 166 valence electrons. The number of carbonyl (C=O) groups is 2. The fourth-order valence-electron chi connectivity index (χ4n) is 4.77. The average molecular weight is 441 g/mol. The lowest BCUT2D eigenvalue weighted by atomic mass is 9.79. The van der Waals surface area contributed by atoms with Gasteiger partial charge in [-0.25, -0.2) is 4.79 Å². The summed E-state index contributed by atoms with van der Waals surface area (Å²) < 4.78 is 51.7. The van der Waals surface area contributed by atoms with E-state index in [1.165, 1.54) is 11.3 Å². The van der Waals surface area contributed by atoms with Crippen molar-refractivity contribution in [2.24, 2.45) is 11.8 Å². The van der Waals surface area contributed by atoms with Gasteiger partial charge in [0.15, 0.2) is 0 Å². The maximum absolute atomic E-state index is 12.9. The van der Waals surface area contributed by atoms with Gasteiger partial charge in [-0.05, 0) is 43.1 Å². The van der Waals surface area contributed by atoms with Gasteiger partial charge in [0.05, 0.1) is 6.85 Å². The molecule has 1 aliphatic heterocycles. The number of nitrogens with zero attached hydrogens (tertiary/aromatic N) is 1. The number of likely N-dealkylation sites (tertiary alicyclic amines) is 1. The summed E-state index contributed by atoms with van der Waals surface area (Å²) in [6.45, 7) is 0.315. The van der Waals surface area contributed by atoms with Gasteiger partial charge in [-0.2, -0.15) is 0 Å². The fraction of sp³-hybridized carbons (Fsp3) is 0.652. The molecule has 0 aromatic heterocycles. The van der Waals surface area contributed by atoms with Crippen LogP contribution in [0.25, 0.3) is 0 Å². The minimum absolute atomic E-state index is 0.107. The van der Waals surface area contributed by atoms with Crippen LogP contribution >= 0.6 is 7.37 Å². The van der Waals surface area contributed by atoms with Crippen molar-refractivity contribution in [3.05, 3.63) is 35.8 Å². The van der Waals surface area contributed by atoms with Crippen LogP contribution in [0.1, 0.15) is 63.8 Å². The van der Waals surface area contributed by atoms with Crippen molar-refractivity contribution in [2.45, 2.75) is 63.8 Å². The van der Waals surface area contributed by atoms with E-state index in [2.05, 4.69) is 0 Å². The molecule has 0 spiro atoms. The van der Waals surface area contributed by atoms with Crippen molar-refractivity contribution in [1.29, 1.82) is 0 Å². The highest BCUT2D eigenvalue weighted by atomic mass is 31.2. The topological polar surface area (TPSA) is 94.9 Å². The predicted octanol–water partition coefficient (Wildman–Crippen LogP) is 4.16. The second kappa shape index (κ2) is 10.6. The van der Waals surface area contributed by atoms with E-state index in [-0.39, 0.29) is 42.6 Å². The van der Waals surface area contributed by atoms with E-state index < -0.39 is 49.6 Å². The van der Waals surface area contributed by atoms with Gasteiger partial charge in [-0.15, -0.1) is 0 Å². The van der Waals surface area contributed by atoms with Crippen LogP contribution in [0.4, 0.5) is 0 Å². The number of hydrogen-bond acceptors (Lipinski definition) is 3. The molecular formula is C23H34NO5P. The molecule has 7 heteroatoms. The van der Waals surface area contributed by atoms with Crippen LogP contribution in [0.3, 0.4) is 0 Å². The number of hydrogen-bond donors (Lipinski definition) is 2. The van der Waals surface area contributed by atoms with Gasteiger partial charge < -0.3 is 14.9 Å². The molecule has 3 rings (SSSR count). The Bertz CT molecular complexity index is 988. The maximum atomic E-state index is 12.9. The second-order valence-electron chi connectivity index (χ2n) is 8.58. The number of aliphatic carboxylic acids is 1. The van der Waals surface area contributed by atoms with Gasteiger partial charge in [-0.3, -0.25) is 9.36 Å². The van der Waals surface area contributed by atoms with Crippen LogP contribution in [-0.4, -0.2) is 51.7 Å². The number of unbranched alkanes of at least 4 members (excludes halogenated alkanes) is 1. The van der Waals surface area contributed by atoms with Crippen LogP contribution in [0, 0.1) is 11.8 Å². The van der Waals surface area contributed by atoms with E-state index in [1.54, 1.807) is 0 Å². The quantitative estimate of drug-likeness (QED) is 0.444. The third-order valence-electron chi connectivity index (χ3n) is 6.37. The number of amides is 1. The Morgan fingerprint density at radius 2 is 1.80 bits per heavy atom. The summed E-state index contributed by atoms with van der Waals surface area (Å²) in [5.41, 5.74) is 0.162. The Morgan fingerprint density at radius 1 is 1.10 bits per heavy atom. The largest absolute Gasteiger partial charge is 0.480 e. The molecule has 1 amide bonds. The molecule has 1 aromatic carbocycles. The van der Waals surface area contributed by atoms with Gasteiger partial charge in [0.25, 0.3) is 0 Å². The SMILES string of the molecule is [2H]c1c([2H])c([2H])c(CCCCP(=O)(O)CC(=O)N2C[C@H](C3CCCCC3)C[C@H]2C(=O)O)c([2H])c1[2H]. The molecule has 1 heterocycles. The average Bonchev–Trinajstić information content (AvgIpc) is 3.27. The lowest BCUT2D eigenvalue weighted by Crippen LogP contribution is -2.42. The molecule has 1 aromatic rings. The number of rotatable bonds is 9. The molecule has 0 bridgehead atoms. The second-order valence-corrected chi connectivity index (χ2v) is 11.0. The van der Waals surface area contributed by atoms with Gasteiger partial charge in [0.2, 0.25) is 13.3 Å². The van der Waals surface area contributed by atoms with Crippen LogP contribution in [-0.2, 0) is 20.6 Å². The highest BCUT2D eigenvalue weighted by Gasteiger charge is 2.43. The lowest BCUT2D eigenvalue weighted by molar-refractivity contribution is -0.147. The molecule has 1 unspecified atom stereocenters. The molecule has 2 fully saturated rings. The first kappa shape index (κ1) is 17.0. The van der Waals surface area contributed by atoms with Gasteiger partial charge in [0, 0.05) is 12.7 Å². The molecule has 2 N–H and O–H groups in total. The van der Waals surface area contributed by atoms with E-state index in [0.717, 1.165) is 25.7 Å². The number of carboxylic acid groups (broad SMARTS) is 1. The number of carbonyl (C=O) groups excluding carboxylic acids is 1. The number of benzene rings is 1. The predicted molar refractivity (Wildman–Crippen MR) is 117 cm³/mol. The van der Waals surface area contributed by atoms with Crippen molar-refractivity contribution in [1.82, 2.24) is 4.90 Å². The van der Waals surface area contributed by atoms with Crippen molar-refractivity contribution in [3.63, 3.8) is 0 Å². The Morgan fingerprint density at radius 3 is 2.47 bits per heavy atom. The summed E-state index contributed by atoms with van der Waals surface area (Å²) in [4.78, 5) is 36.4. The first-order valence-electron chi connectivity index (χ1n) is 13.3. The molecule has 1 saturated heterocycles. The summed E-state index contributed by atoms with van der Waals surface area (Å²) in [5.74, 6) is -1.18. The highest BCUT2D eigenvalue weighted by molar-refractivity contribution is 7.58. The third-order valence-corrected chi connectivity index (χ3v) is 8.15. The third kappa shape index (κ3) is 6.42. The molecule has 2 aliphatic rings.